The van der Waals surface area contributed by atoms with Gasteiger partial charge in [0.1, 0.15) is 24.4 Å². The highest BCUT2D eigenvalue weighted by Gasteiger charge is 2.44. The third-order valence-corrected chi connectivity index (χ3v) is 2.59. The van der Waals surface area contributed by atoms with Crippen LogP contribution in [-0.2, 0) is 9.53 Å². The first-order valence-corrected chi connectivity index (χ1v) is 5.25. The fourth-order valence-electron chi connectivity index (χ4n) is 1.49. The topological polar surface area (TPSA) is 145 Å². The van der Waals surface area contributed by atoms with Crippen molar-refractivity contribution in [3.63, 3.8) is 0 Å². The number of amides is 1. The van der Waals surface area contributed by atoms with E-state index < -0.39 is 49.2 Å². The van der Waals surface area contributed by atoms with E-state index in [2.05, 4.69) is 5.32 Å². The van der Waals surface area contributed by atoms with Crippen molar-refractivity contribution in [2.45, 2.75) is 43.6 Å². The number of aliphatic hydroxyl groups is 4. The number of hydrogen-bond acceptors (Lipinski definition) is 7. The molecule has 7 N–H and O–H groups in total. The van der Waals surface area contributed by atoms with Crippen molar-refractivity contribution in [1.82, 2.24) is 5.32 Å². The number of rotatable bonds is 3. The molecule has 0 saturated carbocycles. The van der Waals surface area contributed by atoms with E-state index in [0.717, 1.165) is 0 Å². The van der Waals surface area contributed by atoms with Crippen LogP contribution in [0, 0.1) is 0 Å². The van der Waals surface area contributed by atoms with Crippen LogP contribution in [0.15, 0.2) is 0 Å². The minimum Gasteiger partial charge on any atom is -0.394 e. The van der Waals surface area contributed by atoms with Gasteiger partial charge in [0.15, 0.2) is 6.23 Å². The van der Waals surface area contributed by atoms with Crippen LogP contribution in [-0.4, -0.2) is 69.6 Å². The molecule has 1 saturated heterocycles. The van der Waals surface area contributed by atoms with E-state index in [1.165, 1.54) is 6.92 Å². The van der Waals surface area contributed by atoms with Crippen LogP contribution < -0.4 is 11.1 Å². The maximum absolute atomic E-state index is 11.3. The molecule has 0 aromatic heterocycles. The van der Waals surface area contributed by atoms with Crippen LogP contribution in [0.3, 0.4) is 0 Å². The van der Waals surface area contributed by atoms with Gasteiger partial charge in [-0.3, -0.25) is 4.79 Å². The Morgan fingerprint density at radius 3 is 2.41 bits per heavy atom. The zero-order valence-corrected chi connectivity index (χ0v) is 9.35. The standard InChI is InChI=1S/C9H18N2O6/c1-3(10)8(16)11-9-7(15)6(14)5(13)4(2-12)17-9/h3-7,9,12-15H,2,10H2,1H3,(H,11,16)/t3-,4+,5+,6-,7+,9+/m0/s1. The molecule has 0 bridgehead atoms. The lowest BCUT2D eigenvalue weighted by molar-refractivity contribution is -0.236. The average Bonchev–Trinajstić information content (AvgIpc) is 2.29. The predicted octanol–water partition coefficient (Wildman–Crippen LogP) is -3.75. The lowest BCUT2D eigenvalue weighted by atomic mass is 9.98. The summed E-state index contributed by atoms with van der Waals surface area (Å²) in [6.07, 6.45) is -6.72. The molecule has 6 atom stereocenters. The van der Waals surface area contributed by atoms with Crippen LogP contribution in [0.5, 0.6) is 0 Å². The second kappa shape index (κ2) is 5.71. The molecule has 0 radical (unpaired) electrons. The smallest absolute Gasteiger partial charge is 0.238 e. The molecule has 1 amide bonds. The quantitative estimate of drug-likeness (QED) is 0.302. The normalized spacial score (nSPS) is 39.8. The summed E-state index contributed by atoms with van der Waals surface area (Å²) >= 11 is 0. The van der Waals surface area contributed by atoms with Crippen molar-refractivity contribution in [1.29, 1.82) is 0 Å². The minimum absolute atomic E-state index is 0.546. The van der Waals surface area contributed by atoms with Crippen LogP contribution in [0.1, 0.15) is 6.92 Å². The fraction of sp³-hybridized carbons (Fsp3) is 0.889. The van der Waals surface area contributed by atoms with Gasteiger partial charge < -0.3 is 36.2 Å². The number of ether oxygens (including phenoxy) is 1. The first-order valence-electron chi connectivity index (χ1n) is 5.25. The van der Waals surface area contributed by atoms with Crippen molar-refractivity contribution in [2.24, 2.45) is 5.73 Å². The number of nitrogens with two attached hydrogens (primary N) is 1. The first kappa shape index (κ1) is 14.3. The largest absolute Gasteiger partial charge is 0.394 e. The SMILES string of the molecule is C[C@H](N)C(=O)N[C@@H]1O[C@H](CO)[C@@H](O)[C@H](O)[C@H]1O. The van der Waals surface area contributed by atoms with Crippen molar-refractivity contribution in [2.75, 3.05) is 6.61 Å². The average molecular weight is 250 g/mol. The summed E-state index contributed by atoms with van der Waals surface area (Å²) in [4.78, 5) is 11.3. The predicted molar refractivity (Wildman–Crippen MR) is 55.6 cm³/mol. The number of aliphatic hydroxyl groups excluding tert-OH is 4. The molecule has 8 heteroatoms. The van der Waals surface area contributed by atoms with Gasteiger partial charge in [0.05, 0.1) is 12.6 Å². The van der Waals surface area contributed by atoms with Crippen LogP contribution in [0.4, 0.5) is 0 Å². The van der Waals surface area contributed by atoms with Gasteiger partial charge in [0.2, 0.25) is 5.91 Å². The van der Waals surface area contributed by atoms with E-state index in [1.54, 1.807) is 0 Å². The van der Waals surface area contributed by atoms with Gasteiger partial charge >= 0.3 is 0 Å². The summed E-state index contributed by atoms with van der Waals surface area (Å²) in [5.74, 6) is -0.575. The molecule has 17 heavy (non-hydrogen) atoms. The molecule has 1 aliphatic rings. The molecule has 0 aromatic rings. The van der Waals surface area contributed by atoms with Crippen LogP contribution >= 0.6 is 0 Å². The Hall–Kier alpha value is -0.770. The Morgan fingerprint density at radius 1 is 1.35 bits per heavy atom. The molecule has 8 nitrogen and oxygen atoms in total. The summed E-state index contributed by atoms with van der Waals surface area (Å²) in [7, 11) is 0. The fourth-order valence-corrected chi connectivity index (χ4v) is 1.49. The lowest BCUT2D eigenvalue weighted by Crippen LogP contribution is -2.64. The molecule has 0 aromatic carbocycles. The third kappa shape index (κ3) is 3.12. The molecule has 1 heterocycles. The highest BCUT2D eigenvalue weighted by atomic mass is 16.6. The van der Waals surface area contributed by atoms with Crippen molar-refractivity contribution in [3.8, 4) is 0 Å². The van der Waals surface area contributed by atoms with Gasteiger partial charge in [-0.25, -0.2) is 0 Å². The number of hydrogen-bond donors (Lipinski definition) is 6. The van der Waals surface area contributed by atoms with Gasteiger partial charge in [0.25, 0.3) is 0 Å². The third-order valence-electron chi connectivity index (χ3n) is 2.59. The van der Waals surface area contributed by atoms with E-state index in [1.807, 2.05) is 0 Å². The van der Waals surface area contributed by atoms with E-state index >= 15 is 0 Å². The molecule has 100 valence electrons. The number of carbonyl (C=O) groups is 1. The highest BCUT2D eigenvalue weighted by Crippen LogP contribution is 2.19. The van der Waals surface area contributed by atoms with E-state index in [4.69, 9.17) is 15.6 Å². The second-order valence-corrected chi connectivity index (χ2v) is 4.05. The summed E-state index contributed by atoms with van der Waals surface area (Å²) in [5.41, 5.74) is 5.32. The summed E-state index contributed by atoms with van der Waals surface area (Å²) in [5, 5.41) is 39.7. The maximum Gasteiger partial charge on any atom is 0.238 e. The van der Waals surface area contributed by atoms with Crippen molar-refractivity contribution < 1.29 is 30.0 Å². The van der Waals surface area contributed by atoms with Gasteiger partial charge in [0, 0.05) is 0 Å². The Bertz CT molecular complexity index is 272. The van der Waals surface area contributed by atoms with E-state index in [-0.39, 0.29) is 0 Å². The highest BCUT2D eigenvalue weighted by molar-refractivity contribution is 5.81. The van der Waals surface area contributed by atoms with Gasteiger partial charge in [-0.15, -0.1) is 0 Å². The van der Waals surface area contributed by atoms with Gasteiger partial charge in [-0.05, 0) is 6.92 Å². The summed E-state index contributed by atoms with van der Waals surface area (Å²) in [6.45, 7) is 0.898. The van der Waals surface area contributed by atoms with Gasteiger partial charge in [-0.2, -0.15) is 0 Å². The summed E-state index contributed by atoms with van der Waals surface area (Å²) in [6, 6.07) is -0.803. The molecule has 0 aliphatic carbocycles. The Kier molecular flexibility index (Phi) is 4.80. The van der Waals surface area contributed by atoms with E-state index in [0.29, 0.717) is 0 Å². The zero-order valence-electron chi connectivity index (χ0n) is 9.35. The van der Waals surface area contributed by atoms with Gasteiger partial charge in [-0.1, -0.05) is 0 Å². The Morgan fingerprint density at radius 2 is 1.94 bits per heavy atom. The lowest BCUT2D eigenvalue weighted by Gasteiger charge is -2.40. The van der Waals surface area contributed by atoms with Crippen molar-refractivity contribution >= 4 is 5.91 Å². The zero-order chi connectivity index (χ0) is 13.2. The maximum atomic E-state index is 11.3. The molecular formula is C9H18N2O6. The molecule has 1 aliphatic heterocycles. The molecular weight excluding hydrogens is 232 g/mol. The molecule has 0 spiro atoms. The Balaban J connectivity index is 2.69. The second-order valence-electron chi connectivity index (χ2n) is 4.05. The van der Waals surface area contributed by atoms with Crippen LogP contribution in [0.2, 0.25) is 0 Å². The van der Waals surface area contributed by atoms with Crippen LogP contribution in [0.25, 0.3) is 0 Å². The number of carbonyl (C=O) groups excluding carboxylic acids is 1. The van der Waals surface area contributed by atoms with E-state index in [9.17, 15) is 20.1 Å². The molecule has 1 rings (SSSR count). The number of nitrogens with one attached hydrogen (secondary N) is 1. The Labute approximate surface area is 98.0 Å². The summed E-state index contributed by atoms with van der Waals surface area (Å²) < 4.78 is 5.05. The molecule has 0 unspecified atom stereocenters. The minimum atomic E-state index is -1.51. The molecule has 1 fully saturated rings. The monoisotopic (exact) mass is 250 g/mol. The van der Waals surface area contributed by atoms with Crippen molar-refractivity contribution in [3.05, 3.63) is 0 Å². The first-order chi connectivity index (χ1) is 7.88.